The lowest BCUT2D eigenvalue weighted by atomic mass is 9.94. The first-order valence-corrected chi connectivity index (χ1v) is 17.6. The van der Waals surface area contributed by atoms with E-state index in [1.807, 2.05) is 30.3 Å². The molecule has 0 aliphatic heterocycles. The summed E-state index contributed by atoms with van der Waals surface area (Å²) >= 11 is 6.32. The molecular formula is C36H37ClN4O6S. The molecule has 4 aromatic carbocycles. The number of benzene rings is 4. The Labute approximate surface area is 285 Å². The van der Waals surface area contributed by atoms with Gasteiger partial charge in [-0.25, -0.2) is 8.42 Å². The van der Waals surface area contributed by atoms with E-state index >= 15 is 0 Å². The zero-order valence-electron chi connectivity index (χ0n) is 26.3. The number of carbonyl (C=O) groups excluding carboxylic acids is 2. The third kappa shape index (κ3) is 8.78. The number of anilines is 1. The molecule has 0 radical (unpaired) electrons. The summed E-state index contributed by atoms with van der Waals surface area (Å²) < 4.78 is 29.1. The molecule has 48 heavy (non-hydrogen) atoms. The highest BCUT2D eigenvalue weighted by atomic mass is 35.5. The molecule has 0 aromatic heterocycles. The SMILES string of the molecule is O=C(NC1CCCCC1)[C@@H](Cc1ccccc1)N(Cc1cccc(Cl)c1)C(=O)CN(c1cccc([N+](=O)[O-])c1)S(=O)(=O)c1ccccc1. The summed E-state index contributed by atoms with van der Waals surface area (Å²) in [6.07, 6.45) is 4.93. The number of hydrogen-bond acceptors (Lipinski definition) is 6. The number of carbonyl (C=O) groups is 2. The van der Waals surface area contributed by atoms with Crippen LogP contribution in [0.2, 0.25) is 5.02 Å². The highest BCUT2D eigenvalue weighted by Gasteiger charge is 2.35. The van der Waals surface area contributed by atoms with Gasteiger partial charge in [-0.05, 0) is 54.3 Å². The lowest BCUT2D eigenvalue weighted by Gasteiger charge is -2.35. The van der Waals surface area contributed by atoms with E-state index < -0.39 is 33.4 Å². The number of amides is 2. The second-order valence-electron chi connectivity index (χ2n) is 11.8. The molecule has 0 bridgehead atoms. The maximum absolute atomic E-state index is 14.6. The molecule has 1 N–H and O–H groups in total. The minimum Gasteiger partial charge on any atom is -0.352 e. The Morgan fingerprint density at radius 1 is 0.854 bits per heavy atom. The van der Waals surface area contributed by atoms with Gasteiger partial charge in [0.05, 0.1) is 15.5 Å². The van der Waals surface area contributed by atoms with Gasteiger partial charge in [-0.3, -0.25) is 24.0 Å². The van der Waals surface area contributed by atoms with Crippen molar-refractivity contribution >= 4 is 44.8 Å². The van der Waals surface area contributed by atoms with Gasteiger partial charge >= 0.3 is 0 Å². The number of nitrogens with one attached hydrogen (secondary N) is 1. The lowest BCUT2D eigenvalue weighted by Crippen LogP contribution is -2.55. The predicted octanol–water partition coefficient (Wildman–Crippen LogP) is 6.53. The molecule has 1 atom stereocenters. The summed E-state index contributed by atoms with van der Waals surface area (Å²) in [5, 5.41) is 15.3. The largest absolute Gasteiger partial charge is 0.352 e. The number of hydrogen-bond donors (Lipinski definition) is 1. The van der Waals surface area contributed by atoms with E-state index in [9.17, 15) is 28.1 Å². The third-order valence-corrected chi connectivity index (χ3v) is 10.4. The van der Waals surface area contributed by atoms with Crippen molar-refractivity contribution in [1.29, 1.82) is 0 Å². The van der Waals surface area contributed by atoms with Crippen molar-refractivity contribution in [2.24, 2.45) is 0 Å². The van der Waals surface area contributed by atoms with Crippen molar-refractivity contribution in [3.63, 3.8) is 0 Å². The molecular weight excluding hydrogens is 652 g/mol. The second-order valence-corrected chi connectivity index (χ2v) is 14.1. The molecule has 1 aliphatic carbocycles. The average Bonchev–Trinajstić information content (AvgIpc) is 3.10. The van der Waals surface area contributed by atoms with Crippen LogP contribution in [0.15, 0.2) is 114 Å². The molecule has 12 heteroatoms. The van der Waals surface area contributed by atoms with Crippen LogP contribution in [0.4, 0.5) is 11.4 Å². The zero-order chi connectivity index (χ0) is 34.1. The van der Waals surface area contributed by atoms with Crippen molar-refractivity contribution in [2.45, 2.75) is 62.0 Å². The molecule has 5 rings (SSSR count). The van der Waals surface area contributed by atoms with E-state index in [1.54, 1.807) is 42.5 Å². The maximum Gasteiger partial charge on any atom is 0.271 e. The van der Waals surface area contributed by atoms with Crippen LogP contribution in [0.3, 0.4) is 0 Å². The number of rotatable bonds is 13. The smallest absolute Gasteiger partial charge is 0.271 e. The van der Waals surface area contributed by atoms with Gasteiger partial charge in [0.25, 0.3) is 15.7 Å². The molecule has 0 saturated heterocycles. The second kappa shape index (κ2) is 15.9. The minimum atomic E-state index is -4.39. The Bertz CT molecular complexity index is 1840. The predicted molar refractivity (Wildman–Crippen MR) is 185 cm³/mol. The van der Waals surface area contributed by atoms with E-state index in [2.05, 4.69) is 5.32 Å². The fourth-order valence-electron chi connectivity index (χ4n) is 5.94. The van der Waals surface area contributed by atoms with Crippen molar-refractivity contribution in [1.82, 2.24) is 10.2 Å². The van der Waals surface area contributed by atoms with Crippen LogP contribution in [0.1, 0.15) is 43.2 Å². The minimum absolute atomic E-state index is 0.0348. The molecule has 10 nitrogen and oxygen atoms in total. The van der Waals surface area contributed by atoms with Crippen LogP contribution in [-0.2, 0) is 32.6 Å². The Hall–Kier alpha value is -4.74. The van der Waals surface area contributed by atoms with Crippen molar-refractivity contribution in [3.05, 3.63) is 135 Å². The van der Waals surface area contributed by atoms with Crippen LogP contribution in [0.25, 0.3) is 0 Å². The summed E-state index contributed by atoms with van der Waals surface area (Å²) in [5.74, 6) is -1.00. The van der Waals surface area contributed by atoms with E-state index in [1.165, 1.54) is 35.2 Å². The first kappa shape index (κ1) is 34.6. The van der Waals surface area contributed by atoms with E-state index in [0.29, 0.717) is 10.6 Å². The maximum atomic E-state index is 14.6. The molecule has 0 unspecified atom stereocenters. The number of non-ortho nitro benzene ring substituents is 1. The van der Waals surface area contributed by atoms with Crippen LogP contribution < -0.4 is 9.62 Å². The van der Waals surface area contributed by atoms with Gasteiger partial charge in [-0.1, -0.05) is 97.6 Å². The van der Waals surface area contributed by atoms with Crippen molar-refractivity contribution in [2.75, 3.05) is 10.8 Å². The standard InChI is InChI=1S/C36H37ClN4O6S/c37-29-15-10-14-28(22-29)25-39(34(23-27-12-4-1-5-13-27)36(43)38-30-16-6-2-7-17-30)35(42)26-40(31-18-11-19-32(24-31)41(44)45)48(46,47)33-20-8-3-9-21-33/h1,3-5,8-15,18-22,24,30,34H,2,6-7,16-17,23,25-26H2,(H,38,43)/t34-/m1/s1. The Morgan fingerprint density at radius 3 is 2.17 bits per heavy atom. The number of nitro benzene ring substituents is 1. The normalized spacial score (nSPS) is 14.1. The van der Waals surface area contributed by atoms with Crippen LogP contribution >= 0.6 is 11.6 Å². The highest BCUT2D eigenvalue weighted by Crippen LogP contribution is 2.28. The molecule has 2 amide bonds. The molecule has 1 aliphatic rings. The van der Waals surface area contributed by atoms with E-state index in [4.69, 9.17) is 11.6 Å². The number of nitro groups is 1. The fourth-order valence-corrected chi connectivity index (χ4v) is 7.58. The molecule has 4 aromatic rings. The number of sulfonamides is 1. The Kier molecular flexibility index (Phi) is 11.5. The quantitative estimate of drug-likeness (QED) is 0.126. The van der Waals surface area contributed by atoms with Gasteiger partial charge in [-0.15, -0.1) is 0 Å². The van der Waals surface area contributed by atoms with Gasteiger partial charge < -0.3 is 10.2 Å². The number of halogens is 1. The molecule has 0 spiro atoms. The van der Waals surface area contributed by atoms with Crippen molar-refractivity contribution in [3.8, 4) is 0 Å². The Morgan fingerprint density at radius 2 is 1.50 bits per heavy atom. The summed E-state index contributed by atoms with van der Waals surface area (Å²) in [5.41, 5.74) is 1.07. The van der Waals surface area contributed by atoms with Crippen LogP contribution in [-0.4, -0.2) is 48.7 Å². The third-order valence-electron chi connectivity index (χ3n) is 8.40. The highest BCUT2D eigenvalue weighted by molar-refractivity contribution is 7.92. The molecule has 1 fully saturated rings. The van der Waals surface area contributed by atoms with E-state index in [0.717, 1.165) is 48.0 Å². The molecule has 250 valence electrons. The van der Waals surface area contributed by atoms with Gasteiger partial charge in [0, 0.05) is 36.2 Å². The van der Waals surface area contributed by atoms with Gasteiger partial charge in [0.1, 0.15) is 12.6 Å². The topological polar surface area (TPSA) is 130 Å². The van der Waals surface area contributed by atoms with Crippen LogP contribution in [0.5, 0.6) is 0 Å². The first-order valence-electron chi connectivity index (χ1n) is 15.8. The number of nitrogens with zero attached hydrogens (tertiary/aromatic N) is 3. The van der Waals surface area contributed by atoms with Crippen LogP contribution in [0, 0.1) is 10.1 Å². The summed E-state index contributed by atoms with van der Waals surface area (Å²) in [6.45, 7) is -0.760. The zero-order valence-corrected chi connectivity index (χ0v) is 27.9. The Balaban J connectivity index is 1.58. The fraction of sp³-hybridized carbons (Fsp3) is 0.278. The lowest BCUT2D eigenvalue weighted by molar-refractivity contribution is -0.384. The van der Waals surface area contributed by atoms with Gasteiger partial charge in [-0.2, -0.15) is 0 Å². The summed E-state index contributed by atoms with van der Waals surface area (Å²) in [4.78, 5) is 41.1. The monoisotopic (exact) mass is 688 g/mol. The van der Waals surface area contributed by atoms with Gasteiger partial charge in [0.2, 0.25) is 11.8 Å². The molecule has 0 heterocycles. The summed E-state index contributed by atoms with van der Waals surface area (Å²) in [6, 6.07) is 27.9. The van der Waals surface area contributed by atoms with Gasteiger partial charge in [0.15, 0.2) is 0 Å². The molecule has 1 saturated carbocycles. The first-order chi connectivity index (χ1) is 23.1. The summed E-state index contributed by atoms with van der Waals surface area (Å²) in [7, 11) is -4.39. The van der Waals surface area contributed by atoms with Crippen molar-refractivity contribution < 1.29 is 22.9 Å². The van der Waals surface area contributed by atoms with E-state index in [-0.39, 0.29) is 41.2 Å². The average molecular weight is 689 g/mol.